The minimum absolute atomic E-state index is 0.220. The van der Waals surface area contributed by atoms with E-state index in [4.69, 9.17) is 4.74 Å². The van der Waals surface area contributed by atoms with Gasteiger partial charge in [0.2, 0.25) is 0 Å². The highest BCUT2D eigenvalue weighted by molar-refractivity contribution is 5.72. The monoisotopic (exact) mass is 372 g/mol. The van der Waals surface area contributed by atoms with Gasteiger partial charge in [0, 0.05) is 37.6 Å². The Kier molecular flexibility index (Phi) is 8.26. The minimum atomic E-state index is 0.220. The number of anilines is 4. The van der Waals surface area contributed by atoms with Crippen molar-refractivity contribution in [2.24, 2.45) is 0 Å². The molecular formula is C20H32N6O. The van der Waals surface area contributed by atoms with E-state index < -0.39 is 0 Å². The van der Waals surface area contributed by atoms with Gasteiger partial charge in [-0.2, -0.15) is 0 Å². The van der Waals surface area contributed by atoms with Gasteiger partial charge < -0.3 is 19.9 Å². The number of hydrogen-bond acceptors (Lipinski definition) is 7. The zero-order chi connectivity index (χ0) is 19.6. The maximum atomic E-state index is 5.70. The fraction of sp³-hybridized carbons (Fsp3) is 0.550. The second-order valence-electron chi connectivity index (χ2n) is 6.51. The van der Waals surface area contributed by atoms with Gasteiger partial charge in [0.15, 0.2) is 5.82 Å². The number of rotatable bonds is 11. The summed E-state index contributed by atoms with van der Waals surface area (Å²) in [4.78, 5) is 4.51. The maximum Gasteiger partial charge on any atom is 0.180 e. The molecule has 148 valence electrons. The number of likely N-dealkylation sites (N-methyl/N-ethyl adjacent to an activating group) is 1. The van der Waals surface area contributed by atoms with E-state index in [1.165, 1.54) is 5.69 Å². The normalized spacial score (nSPS) is 10.9. The van der Waals surface area contributed by atoms with Crippen molar-refractivity contribution in [3.63, 3.8) is 0 Å². The van der Waals surface area contributed by atoms with Crippen LogP contribution in [-0.2, 0) is 4.74 Å². The van der Waals surface area contributed by atoms with Crippen molar-refractivity contribution in [1.29, 1.82) is 0 Å². The van der Waals surface area contributed by atoms with Crippen molar-refractivity contribution in [2.45, 2.75) is 40.7 Å². The number of nitrogens with one attached hydrogen (secondary N) is 1. The highest BCUT2D eigenvalue weighted by atomic mass is 16.5. The summed E-state index contributed by atoms with van der Waals surface area (Å²) in [6.45, 7) is 14.7. The number of nitrogens with zero attached hydrogens (tertiary/aromatic N) is 5. The van der Waals surface area contributed by atoms with Crippen LogP contribution in [0.5, 0.6) is 0 Å². The van der Waals surface area contributed by atoms with Gasteiger partial charge in [-0.25, -0.2) is 0 Å². The molecule has 1 aromatic heterocycles. The predicted molar refractivity (Wildman–Crippen MR) is 112 cm³/mol. The summed E-state index contributed by atoms with van der Waals surface area (Å²) in [5, 5.41) is 15.4. The first-order valence-electron chi connectivity index (χ1n) is 9.75. The minimum Gasteiger partial charge on any atom is -0.377 e. The molecule has 0 fully saturated rings. The maximum absolute atomic E-state index is 5.70. The van der Waals surface area contributed by atoms with Crippen LogP contribution in [0.15, 0.2) is 30.5 Å². The molecule has 0 aliphatic carbocycles. The highest BCUT2D eigenvalue weighted by Gasteiger charge is 2.13. The number of hydrogen-bond donors (Lipinski definition) is 1. The van der Waals surface area contributed by atoms with E-state index in [2.05, 4.69) is 69.5 Å². The molecule has 0 bridgehead atoms. The van der Waals surface area contributed by atoms with Crippen LogP contribution in [-0.4, -0.2) is 54.3 Å². The van der Waals surface area contributed by atoms with Crippen LogP contribution < -0.4 is 15.1 Å². The Morgan fingerprint density at radius 2 is 1.81 bits per heavy atom. The fourth-order valence-corrected chi connectivity index (χ4v) is 2.94. The molecule has 1 N–H and O–H groups in total. The zero-order valence-corrected chi connectivity index (χ0v) is 17.1. The van der Waals surface area contributed by atoms with E-state index in [9.17, 15) is 0 Å². The molecule has 0 aliphatic rings. The Hall–Kier alpha value is -2.41. The number of benzene rings is 1. The predicted octanol–water partition coefficient (Wildman–Crippen LogP) is 3.71. The van der Waals surface area contributed by atoms with Crippen molar-refractivity contribution in [1.82, 2.24) is 15.4 Å². The van der Waals surface area contributed by atoms with Crippen LogP contribution in [0.3, 0.4) is 0 Å². The van der Waals surface area contributed by atoms with Gasteiger partial charge in [0.25, 0.3) is 0 Å². The Labute approximate surface area is 162 Å². The molecule has 7 heteroatoms. The molecular weight excluding hydrogens is 340 g/mol. The van der Waals surface area contributed by atoms with Crippen molar-refractivity contribution < 1.29 is 4.74 Å². The molecule has 1 aromatic carbocycles. The molecule has 0 amide bonds. The van der Waals surface area contributed by atoms with Crippen LogP contribution in [0.1, 0.15) is 34.6 Å². The first-order chi connectivity index (χ1) is 13.1. The second-order valence-corrected chi connectivity index (χ2v) is 6.51. The van der Waals surface area contributed by atoms with Crippen LogP contribution in [0.25, 0.3) is 0 Å². The van der Waals surface area contributed by atoms with E-state index in [0.717, 1.165) is 37.6 Å². The Bertz CT molecular complexity index is 690. The summed E-state index contributed by atoms with van der Waals surface area (Å²) in [5.41, 5.74) is 3.09. The molecule has 0 saturated heterocycles. The molecule has 2 aromatic rings. The molecule has 0 atom stereocenters. The van der Waals surface area contributed by atoms with Crippen LogP contribution in [0.4, 0.5) is 22.9 Å². The van der Waals surface area contributed by atoms with Gasteiger partial charge in [-0.05, 0) is 58.0 Å². The van der Waals surface area contributed by atoms with E-state index in [1.807, 2.05) is 19.9 Å². The summed E-state index contributed by atoms with van der Waals surface area (Å²) in [6.07, 6.45) is 1.97. The van der Waals surface area contributed by atoms with E-state index in [1.54, 1.807) is 6.20 Å². The molecule has 0 radical (unpaired) electrons. The molecule has 0 aliphatic heterocycles. The molecule has 0 saturated carbocycles. The quantitative estimate of drug-likeness (QED) is 0.645. The molecule has 0 unspecified atom stereocenters. The van der Waals surface area contributed by atoms with Crippen LogP contribution >= 0.6 is 0 Å². The van der Waals surface area contributed by atoms with Gasteiger partial charge in [0.1, 0.15) is 5.69 Å². The Morgan fingerprint density at radius 3 is 2.48 bits per heavy atom. The van der Waals surface area contributed by atoms with Gasteiger partial charge in [-0.3, -0.25) is 0 Å². The third-order valence-electron chi connectivity index (χ3n) is 4.39. The lowest BCUT2D eigenvalue weighted by atomic mass is 10.2. The third kappa shape index (κ3) is 6.06. The summed E-state index contributed by atoms with van der Waals surface area (Å²) >= 11 is 0. The molecule has 0 spiro atoms. The Morgan fingerprint density at radius 1 is 1.07 bits per heavy atom. The lowest BCUT2D eigenvalue weighted by Crippen LogP contribution is -2.29. The van der Waals surface area contributed by atoms with Crippen molar-refractivity contribution in [3.8, 4) is 0 Å². The fourth-order valence-electron chi connectivity index (χ4n) is 2.94. The zero-order valence-electron chi connectivity index (χ0n) is 17.1. The third-order valence-corrected chi connectivity index (χ3v) is 4.39. The largest absolute Gasteiger partial charge is 0.377 e. The van der Waals surface area contributed by atoms with Crippen molar-refractivity contribution >= 4 is 22.9 Å². The highest BCUT2D eigenvalue weighted by Crippen LogP contribution is 2.27. The molecule has 27 heavy (non-hydrogen) atoms. The summed E-state index contributed by atoms with van der Waals surface area (Å²) in [7, 11) is 0. The lowest BCUT2D eigenvalue weighted by molar-refractivity contribution is 0.0842. The first-order valence-corrected chi connectivity index (χ1v) is 9.75. The molecule has 2 rings (SSSR count). The van der Waals surface area contributed by atoms with E-state index in [-0.39, 0.29) is 6.10 Å². The van der Waals surface area contributed by atoms with Crippen molar-refractivity contribution in [3.05, 3.63) is 30.5 Å². The summed E-state index contributed by atoms with van der Waals surface area (Å²) in [5.74, 6) is 0.702. The molecule has 1 heterocycles. The standard InChI is InChI=1S/C20H32N6O/c1-6-25(7-2)18-11-9-10-17(14-18)22-20-19(15-21-24-23-20)26(8-3)12-13-27-16(4)5/h9-11,14-16H,6-8,12-13H2,1-5H3,(H,21,22,23). The first kappa shape index (κ1) is 20.9. The number of aromatic nitrogens is 3. The summed E-state index contributed by atoms with van der Waals surface area (Å²) in [6, 6.07) is 8.35. The average Bonchev–Trinajstić information content (AvgIpc) is 2.67. The smallest absolute Gasteiger partial charge is 0.180 e. The molecule has 7 nitrogen and oxygen atoms in total. The Balaban J connectivity index is 2.18. The van der Waals surface area contributed by atoms with Gasteiger partial charge in [0.05, 0.1) is 18.9 Å². The topological polar surface area (TPSA) is 66.4 Å². The summed E-state index contributed by atoms with van der Waals surface area (Å²) < 4.78 is 5.70. The number of ether oxygens (including phenoxy) is 1. The van der Waals surface area contributed by atoms with Crippen LogP contribution in [0.2, 0.25) is 0 Å². The van der Waals surface area contributed by atoms with Gasteiger partial charge in [-0.1, -0.05) is 6.07 Å². The van der Waals surface area contributed by atoms with Gasteiger partial charge >= 0.3 is 0 Å². The van der Waals surface area contributed by atoms with E-state index >= 15 is 0 Å². The SMILES string of the molecule is CCN(CC)c1cccc(Nc2nnncc2N(CC)CCOC(C)C)c1. The second kappa shape index (κ2) is 10.7. The van der Waals surface area contributed by atoms with E-state index in [0.29, 0.717) is 12.4 Å². The van der Waals surface area contributed by atoms with Crippen molar-refractivity contribution in [2.75, 3.05) is 47.9 Å². The van der Waals surface area contributed by atoms with Gasteiger partial charge in [-0.15, -0.1) is 10.2 Å². The average molecular weight is 373 g/mol. The van der Waals surface area contributed by atoms with Crippen LogP contribution in [0, 0.1) is 0 Å². The lowest BCUT2D eigenvalue weighted by Gasteiger charge is -2.25.